The van der Waals surface area contributed by atoms with Crippen molar-refractivity contribution in [1.82, 2.24) is 0 Å². The standard InChI is InChI=1S/C45H39Cl5N8O6/c1-25(59)40(57-55-33-11-14-37(49)35(22-33)42(61)51-30-7-3-27(4-8-30)17-19-46)44(63)53-32-13-16-39(29(21-32)24-48)54-45(64)41(26(2)60)58-56-34-12-15-38(50)36(23-34)43(62)52-31-9-5-28(6-10-31)18-20-47/h3-16,21-23,40-41H,17-20,24H2,1-2H3,(H,51,61)(H,52,62)(H,53,63)(H,54,64). The highest BCUT2D eigenvalue weighted by Gasteiger charge is 2.26. The normalized spacial score (nSPS) is 12.1. The van der Waals surface area contributed by atoms with E-state index in [9.17, 15) is 28.8 Å². The lowest BCUT2D eigenvalue weighted by Gasteiger charge is -2.15. The SMILES string of the molecule is CC(=O)C(N=Nc1ccc(Cl)c(C(=O)Nc2ccc(CCCl)cc2)c1)C(=O)Nc1ccc(NC(=O)C(N=Nc2ccc(Cl)c(C(=O)Nc3ccc(CCCl)cc3)c2)C(C)=O)c(CCl)c1. The second-order valence-corrected chi connectivity index (χ2v) is 15.8. The molecule has 0 aliphatic rings. The van der Waals surface area contributed by atoms with Crippen LogP contribution < -0.4 is 21.3 Å². The molecule has 2 atom stereocenters. The first-order valence-electron chi connectivity index (χ1n) is 19.3. The Hall–Kier alpha value is -6.03. The number of anilines is 4. The summed E-state index contributed by atoms with van der Waals surface area (Å²) in [4.78, 5) is 77.9. The van der Waals surface area contributed by atoms with Gasteiger partial charge in [-0.15, -0.1) is 34.8 Å². The quantitative estimate of drug-likeness (QED) is 0.0360. The zero-order chi connectivity index (χ0) is 46.3. The Morgan fingerprint density at radius 1 is 0.516 bits per heavy atom. The summed E-state index contributed by atoms with van der Waals surface area (Å²) in [6.07, 6.45) is 1.36. The van der Waals surface area contributed by atoms with Gasteiger partial charge in [-0.3, -0.25) is 28.8 Å². The number of azo groups is 2. The summed E-state index contributed by atoms with van der Waals surface area (Å²) in [5.41, 5.74) is 4.31. The molecule has 0 spiro atoms. The summed E-state index contributed by atoms with van der Waals surface area (Å²) in [6.45, 7) is 2.34. The number of hydrogen-bond acceptors (Lipinski definition) is 10. The van der Waals surface area contributed by atoms with Crippen LogP contribution in [0.3, 0.4) is 0 Å². The van der Waals surface area contributed by atoms with Crippen LogP contribution in [0.25, 0.3) is 0 Å². The van der Waals surface area contributed by atoms with Crippen molar-refractivity contribution in [3.05, 3.63) is 141 Å². The highest BCUT2D eigenvalue weighted by atomic mass is 35.5. The van der Waals surface area contributed by atoms with E-state index < -0.39 is 47.3 Å². The van der Waals surface area contributed by atoms with Crippen molar-refractivity contribution in [2.75, 3.05) is 33.0 Å². The van der Waals surface area contributed by atoms with Crippen molar-refractivity contribution < 1.29 is 28.8 Å². The molecule has 0 radical (unpaired) electrons. The minimum absolute atomic E-state index is 0.0852. The average molecular weight is 965 g/mol. The Kier molecular flexibility index (Phi) is 18.1. The number of alkyl halides is 3. The van der Waals surface area contributed by atoms with Crippen molar-refractivity contribution in [3.63, 3.8) is 0 Å². The molecule has 0 saturated heterocycles. The first-order chi connectivity index (χ1) is 30.7. The summed E-state index contributed by atoms with van der Waals surface area (Å²) >= 11 is 30.5. The lowest BCUT2D eigenvalue weighted by atomic mass is 10.1. The van der Waals surface area contributed by atoms with Gasteiger partial charge in [0.05, 0.1) is 32.5 Å². The molecule has 14 nitrogen and oxygen atoms in total. The zero-order valence-corrected chi connectivity index (χ0v) is 37.9. The number of nitrogens with one attached hydrogen (secondary N) is 4. The number of halogens is 5. The number of carbonyl (C=O) groups excluding carboxylic acids is 6. The van der Waals surface area contributed by atoms with Crippen molar-refractivity contribution in [2.24, 2.45) is 20.5 Å². The molecule has 4 N–H and O–H groups in total. The second-order valence-electron chi connectivity index (χ2n) is 13.9. The summed E-state index contributed by atoms with van der Waals surface area (Å²) in [5.74, 6) is -3.15. The third kappa shape index (κ3) is 13.7. The van der Waals surface area contributed by atoms with E-state index in [-0.39, 0.29) is 49.8 Å². The third-order valence-electron chi connectivity index (χ3n) is 9.20. The van der Waals surface area contributed by atoms with Gasteiger partial charge < -0.3 is 21.3 Å². The summed E-state index contributed by atoms with van der Waals surface area (Å²) in [5, 5.41) is 27.1. The number of ketones is 2. The van der Waals surface area contributed by atoms with Gasteiger partial charge in [-0.25, -0.2) is 0 Å². The Balaban J connectivity index is 1.23. The number of rotatable bonds is 19. The molecule has 0 fully saturated rings. The van der Waals surface area contributed by atoms with Crippen LogP contribution in [0.5, 0.6) is 0 Å². The number of aryl methyl sites for hydroxylation is 2. The van der Waals surface area contributed by atoms with Crippen LogP contribution in [0.15, 0.2) is 124 Å². The van der Waals surface area contributed by atoms with E-state index in [4.69, 9.17) is 58.0 Å². The van der Waals surface area contributed by atoms with Crippen molar-refractivity contribution >= 4 is 127 Å². The Labute approximate surface area is 393 Å². The smallest absolute Gasteiger partial charge is 0.258 e. The Bertz CT molecular complexity index is 2610. The molecule has 5 aromatic carbocycles. The van der Waals surface area contributed by atoms with E-state index in [1.807, 2.05) is 24.3 Å². The molecule has 4 amide bonds. The molecule has 0 aliphatic carbocycles. The molecule has 0 heterocycles. The van der Waals surface area contributed by atoms with Crippen LogP contribution in [-0.4, -0.2) is 59.0 Å². The number of Topliss-reactive ketones (excluding diaryl/α,β-unsaturated/α-hetero) is 2. The maximum absolute atomic E-state index is 13.4. The van der Waals surface area contributed by atoms with Crippen LogP contribution in [0, 0.1) is 0 Å². The maximum atomic E-state index is 13.4. The maximum Gasteiger partial charge on any atom is 0.258 e. The van der Waals surface area contributed by atoms with E-state index in [0.717, 1.165) is 11.1 Å². The molecular weight excluding hydrogens is 926 g/mol. The molecule has 0 aliphatic heterocycles. The number of hydrogen-bond donors (Lipinski definition) is 4. The van der Waals surface area contributed by atoms with Crippen LogP contribution in [0.4, 0.5) is 34.1 Å². The molecule has 5 aromatic rings. The van der Waals surface area contributed by atoms with Crippen LogP contribution in [0.1, 0.15) is 51.3 Å². The molecule has 19 heteroatoms. The topological polar surface area (TPSA) is 200 Å². The van der Waals surface area contributed by atoms with E-state index in [2.05, 4.69) is 41.7 Å². The van der Waals surface area contributed by atoms with E-state index in [1.165, 1.54) is 68.4 Å². The molecule has 5 rings (SSSR count). The highest BCUT2D eigenvalue weighted by Crippen LogP contribution is 2.28. The predicted molar refractivity (Wildman–Crippen MR) is 252 cm³/mol. The molecule has 64 heavy (non-hydrogen) atoms. The van der Waals surface area contributed by atoms with Gasteiger partial charge in [0.1, 0.15) is 0 Å². The van der Waals surface area contributed by atoms with E-state index >= 15 is 0 Å². The molecule has 0 saturated carbocycles. The largest absolute Gasteiger partial charge is 0.324 e. The lowest BCUT2D eigenvalue weighted by Crippen LogP contribution is -2.32. The lowest BCUT2D eigenvalue weighted by molar-refractivity contribution is -0.127. The average Bonchev–Trinajstić information content (AvgIpc) is 3.26. The monoisotopic (exact) mass is 962 g/mol. The Morgan fingerprint density at radius 2 is 0.938 bits per heavy atom. The summed E-state index contributed by atoms with van der Waals surface area (Å²) in [6, 6.07) is 24.1. The third-order valence-corrected chi connectivity index (χ3v) is 10.5. The van der Waals surface area contributed by atoms with Crippen LogP contribution >= 0.6 is 58.0 Å². The molecule has 330 valence electrons. The minimum Gasteiger partial charge on any atom is -0.324 e. The van der Waals surface area contributed by atoms with Gasteiger partial charge in [-0.2, -0.15) is 20.5 Å². The summed E-state index contributed by atoms with van der Waals surface area (Å²) in [7, 11) is 0. The molecule has 2 unspecified atom stereocenters. The molecule has 0 aromatic heterocycles. The number of nitrogens with zero attached hydrogens (tertiary/aromatic N) is 4. The van der Waals surface area contributed by atoms with Gasteiger partial charge in [-0.05, 0) is 122 Å². The first kappa shape index (κ1) is 49.0. The van der Waals surface area contributed by atoms with Gasteiger partial charge in [0, 0.05) is 40.4 Å². The number of benzene rings is 5. The van der Waals surface area contributed by atoms with Gasteiger partial charge in [0.15, 0.2) is 11.6 Å². The number of amides is 4. The minimum atomic E-state index is -1.59. The Morgan fingerprint density at radius 3 is 1.34 bits per heavy atom. The van der Waals surface area contributed by atoms with Gasteiger partial charge in [-0.1, -0.05) is 47.5 Å². The number of carbonyl (C=O) groups is 6. The van der Waals surface area contributed by atoms with Crippen LogP contribution in [-0.2, 0) is 37.9 Å². The van der Waals surface area contributed by atoms with Crippen molar-refractivity contribution in [3.8, 4) is 0 Å². The fourth-order valence-corrected chi connectivity index (χ4v) is 6.89. The highest BCUT2D eigenvalue weighted by molar-refractivity contribution is 6.35. The van der Waals surface area contributed by atoms with Gasteiger partial charge >= 0.3 is 0 Å². The zero-order valence-electron chi connectivity index (χ0n) is 34.1. The van der Waals surface area contributed by atoms with Crippen molar-refractivity contribution in [1.29, 1.82) is 0 Å². The van der Waals surface area contributed by atoms with Gasteiger partial charge in [0.2, 0.25) is 12.1 Å². The first-order valence-corrected chi connectivity index (χ1v) is 21.7. The van der Waals surface area contributed by atoms with Crippen LogP contribution in [0.2, 0.25) is 10.0 Å². The fourth-order valence-electron chi connectivity index (χ4n) is 5.82. The predicted octanol–water partition coefficient (Wildman–Crippen LogP) is 11.2. The van der Waals surface area contributed by atoms with E-state index in [1.54, 1.807) is 24.3 Å². The fraction of sp³-hybridized carbons (Fsp3) is 0.200. The molecular formula is C45H39Cl5N8O6. The van der Waals surface area contributed by atoms with Gasteiger partial charge in [0.25, 0.3) is 23.6 Å². The van der Waals surface area contributed by atoms with Crippen molar-refractivity contribution in [2.45, 2.75) is 44.7 Å². The van der Waals surface area contributed by atoms with E-state index in [0.29, 0.717) is 41.5 Å². The molecule has 0 bridgehead atoms. The second kappa shape index (κ2) is 23.6. The summed E-state index contributed by atoms with van der Waals surface area (Å²) < 4.78 is 0.